The number of carbonyl (C=O) groups excluding carboxylic acids is 2. The van der Waals surface area contributed by atoms with E-state index in [-0.39, 0.29) is 50.2 Å². The van der Waals surface area contributed by atoms with E-state index in [1.165, 1.54) is 48.5 Å². The van der Waals surface area contributed by atoms with Gasteiger partial charge >= 0.3 is 11.9 Å². The predicted octanol–water partition coefficient (Wildman–Crippen LogP) is 5.37. The molecular formula is C23H13ClFNO7S. The highest BCUT2D eigenvalue weighted by molar-refractivity contribution is 8.18. The molecule has 2 amide bonds. The topological polar surface area (TPSA) is 125 Å². The number of imide groups is 1. The van der Waals surface area contributed by atoms with Crippen LogP contribution in [0.4, 0.5) is 9.18 Å². The lowest BCUT2D eigenvalue weighted by Gasteiger charge is -2.14. The summed E-state index contributed by atoms with van der Waals surface area (Å²) in [7, 11) is 0. The molecule has 2 heterocycles. The van der Waals surface area contributed by atoms with Gasteiger partial charge in [-0.05, 0) is 54.2 Å². The molecule has 0 saturated carbocycles. The molecular weight excluding hydrogens is 489 g/mol. The minimum atomic E-state index is -1.31. The smallest absolute Gasteiger partial charge is 0.335 e. The molecule has 34 heavy (non-hydrogen) atoms. The van der Waals surface area contributed by atoms with Crippen LogP contribution in [0.25, 0.3) is 17.4 Å². The first-order valence-electron chi connectivity index (χ1n) is 9.54. The molecule has 1 aromatic heterocycles. The van der Waals surface area contributed by atoms with E-state index in [1.54, 1.807) is 0 Å². The highest BCUT2D eigenvalue weighted by atomic mass is 35.5. The van der Waals surface area contributed by atoms with Crippen molar-refractivity contribution >= 4 is 52.5 Å². The minimum absolute atomic E-state index is 0.0144. The van der Waals surface area contributed by atoms with E-state index in [2.05, 4.69) is 0 Å². The SMILES string of the molecule is O=C(O)c1cc(C(=O)O)cc(-c2ccc(/C=C3\SC(=O)N(Cc4c(F)cccc4Cl)C3=O)o2)c1. The molecule has 0 aliphatic carbocycles. The Morgan fingerprint density at radius 3 is 2.35 bits per heavy atom. The second-order valence-corrected chi connectivity index (χ2v) is 8.48. The summed E-state index contributed by atoms with van der Waals surface area (Å²) >= 11 is 6.64. The fourth-order valence-corrected chi connectivity index (χ4v) is 4.25. The Kier molecular flexibility index (Phi) is 6.27. The van der Waals surface area contributed by atoms with Gasteiger partial charge in [0.1, 0.15) is 17.3 Å². The summed E-state index contributed by atoms with van der Waals surface area (Å²) in [4.78, 5) is 48.6. The Hall–Kier alpha value is -3.89. The third-order valence-corrected chi connectivity index (χ3v) is 6.12. The number of amides is 2. The van der Waals surface area contributed by atoms with E-state index in [0.717, 1.165) is 11.0 Å². The number of rotatable bonds is 6. The van der Waals surface area contributed by atoms with Crippen molar-refractivity contribution in [1.29, 1.82) is 0 Å². The van der Waals surface area contributed by atoms with Gasteiger partial charge in [0, 0.05) is 22.2 Å². The van der Waals surface area contributed by atoms with Gasteiger partial charge in [-0.1, -0.05) is 17.7 Å². The summed E-state index contributed by atoms with van der Waals surface area (Å²) in [6.07, 6.45) is 1.32. The fourth-order valence-electron chi connectivity index (χ4n) is 3.21. The van der Waals surface area contributed by atoms with Crippen molar-refractivity contribution in [2.24, 2.45) is 0 Å². The van der Waals surface area contributed by atoms with Gasteiger partial charge in [-0.2, -0.15) is 0 Å². The number of carboxylic acid groups (broad SMARTS) is 2. The molecule has 1 aliphatic rings. The summed E-state index contributed by atoms with van der Waals surface area (Å²) < 4.78 is 19.7. The van der Waals surface area contributed by atoms with Crippen LogP contribution in [0.3, 0.4) is 0 Å². The van der Waals surface area contributed by atoms with E-state index < -0.39 is 28.9 Å². The Bertz CT molecular complexity index is 1350. The van der Waals surface area contributed by atoms with Crippen LogP contribution in [0.15, 0.2) is 57.9 Å². The quantitative estimate of drug-likeness (QED) is 0.432. The Morgan fingerprint density at radius 2 is 1.74 bits per heavy atom. The molecule has 0 bridgehead atoms. The van der Waals surface area contributed by atoms with Crippen LogP contribution in [0.5, 0.6) is 0 Å². The maximum absolute atomic E-state index is 14.1. The predicted molar refractivity (Wildman–Crippen MR) is 121 cm³/mol. The molecule has 0 radical (unpaired) electrons. The van der Waals surface area contributed by atoms with Gasteiger partial charge in [-0.3, -0.25) is 14.5 Å². The summed E-state index contributed by atoms with van der Waals surface area (Å²) in [5.41, 5.74) is -0.249. The first-order chi connectivity index (χ1) is 16.1. The van der Waals surface area contributed by atoms with Gasteiger partial charge in [-0.15, -0.1) is 0 Å². The molecule has 0 atom stereocenters. The lowest BCUT2D eigenvalue weighted by Crippen LogP contribution is -2.28. The number of hydrogen-bond donors (Lipinski definition) is 2. The number of nitrogens with zero attached hydrogens (tertiary/aromatic N) is 1. The summed E-state index contributed by atoms with van der Waals surface area (Å²) in [6, 6.07) is 10.5. The summed E-state index contributed by atoms with van der Waals surface area (Å²) in [6.45, 7) is -0.336. The summed E-state index contributed by atoms with van der Waals surface area (Å²) in [5.74, 6) is -3.58. The summed E-state index contributed by atoms with van der Waals surface area (Å²) in [5, 5.41) is 17.9. The number of hydrogen-bond acceptors (Lipinski definition) is 6. The lowest BCUT2D eigenvalue weighted by atomic mass is 10.0. The Morgan fingerprint density at radius 1 is 1.06 bits per heavy atom. The second kappa shape index (κ2) is 9.16. The van der Waals surface area contributed by atoms with Crippen molar-refractivity contribution in [3.05, 3.63) is 86.7 Å². The number of carbonyl (C=O) groups is 4. The lowest BCUT2D eigenvalue weighted by molar-refractivity contribution is -0.123. The Labute approximate surface area is 200 Å². The number of halogens is 2. The van der Waals surface area contributed by atoms with E-state index in [9.17, 15) is 33.8 Å². The van der Waals surface area contributed by atoms with Crippen molar-refractivity contribution in [1.82, 2.24) is 4.90 Å². The molecule has 0 unspecified atom stereocenters. The van der Waals surface area contributed by atoms with Gasteiger partial charge < -0.3 is 14.6 Å². The van der Waals surface area contributed by atoms with Crippen LogP contribution in [-0.4, -0.2) is 38.2 Å². The molecule has 1 saturated heterocycles. The van der Waals surface area contributed by atoms with Gasteiger partial charge in [0.05, 0.1) is 22.6 Å². The standard InChI is InChI=1S/C23H13ClFNO7S/c24-16-2-1-3-17(25)15(16)10-26-20(27)19(34-23(26)32)9-14-4-5-18(33-14)11-6-12(21(28)29)8-13(7-11)22(30)31/h1-9H,10H2,(H,28,29)(H,30,31)/b19-9-. The van der Waals surface area contributed by atoms with E-state index in [4.69, 9.17) is 16.0 Å². The number of furan rings is 1. The molecule has 1 fully saturated rings. The van der Waals surface area contributed by atoms with Gasteiger partial charge in [0.15, 0.2) is 0 Å². The third kappa shape index (κ3) is 4.59. The zero-order valence-electron chi connectivity index (χ0n) is 17.0. The van der Waals surface area contributed by atoms with Gasteiger partial charge in [-0.25, -0.2) is 14.0 Å². The molecule has 172 valence electrons. The van der Waals surface area contributed by atoms with E-state index >= 15 is 0 Å². The van der Waals surface area contributed by atoms with Gasteiger partial charge in [0.25, 0.3) is 11.1 Å². The highest BCUT2D eigenvalue weighted by Gasteiger charge is 2.36. The molecule has 11 heteroatoms. The second-order valence-electron chi connectivity index (χ2n) is 7.08. The van der Waals surface area contributed by atoms with E-state index in [1.807, 2.05) is 0 Å². The van der Waals surface area contributed by atoms with Crippen LogP contribution in [-0.2, 0) is 11.3 Å². The van der Waals surface area contributed by atoms with Crippen molar-refractivity contribution in [2.75, 3.05) is 0 Å². The zero-order chi connectivity index (χ0) is 24.6. The van der Waals surface area contributed by atoms with E-state index in [0.29, 0.717) is 11.8 Å². The average Bonchev–Trinajstić information content (AvgIpc) is 3.35. The first-order valence-corrected chi connectivity index (χ1v) is 10.7. The van der Waals surface area contributed by atoms with Crippen LogP contribution < -0.4 is 0 Å². The maximum atomic E-state index is 14.1. The third-order valence-electron chi connectivity index (χ3n) is 4.86. The molecule has 2 N–H and O–H groups in total. The van der Waals surface area contributed by atoms with Crippen LogP contribution >= 0.6 is 23.4 Å². The zero-order valence-corrected chi connectivity index (χ0v) is 18.5. The van der Waals surface area contributed by atoms with Crippen molar-refractivity contribution in [2.45, 2.75) is 6.54 Å². The number of benzene rings is 2. The number of thioether (sulfide) groups is 1. The molecule has 8 nitrogen and oxygen atoms in total. The first kappa shape index (κ1) is 23.3. The molecule has 0 spiro atoms. The van der Waals surface area contributed by atoms with Crippen LogP contribution in [0, 0.1) is 5.82 Å². The molecule has 3 aromatic rings. The Balaban J connectivity index is 1.61. The fraction of sp³-hybridized carbons (Fsp3) is 0.0435. The van der Waals surface area contributed by atoms with Crippen LogP contribution in [0.2, 0.25) is 5.02 Å². The molecule has 4 rings (SSSR count). The molecule has 2 aromatic carbocycles. The van der Waals surface area contributed by atoms with Crippen LogP contribution in [0.1, 0.15) is 32.0 Å². The number of aromatic carboxylic acids is 2. The van der Waals surface area contributed by atoms with Crippen molar-refractivity contribution in [3.63, 3.8) is 0 Å². The molecule has 1 aliphatic heterocycles. The van der Waals surface area contributed by atoms with Crippen molar-refractivity contribution < 1.29 is 38.2 Å². The normalized spacial score (nSPS) is 14.8. The highest BCUT2D eigenvalue weighted by Crippen LogP contribution is 2.35. The maximum Gasteiger partial charge on any atom is 0.335 e. The monoisotopic (exact) mass is 501 g/mol. The van der Waals surface area contributed by atoms with Gasteiger partial charge in [0.2, 0.25) is 0 Å². The largest absolute Gasteiger partial charge is 0.478 e. The average molecular weight is 502 g/mol. The number of carboxylic acids is 2. The van der Waals surface area contributed by atoms with Crippen molar-refractivity contribution in [3.8, 4) is 11.3 Å². The minimum Gasteiger partial charge on any atom is -0.478 e.